The molecule has 0 N–H and O–H groups in total. The van der Waals surface area contributed by atoms with Gasteiger partial charge in [0.05, 0.1) is 0 Å². The molecule has 0 atom stereocenters. The molecular formula is C14H13P. The molecule has 2 rings (SSSR count). The summed E-state index contributed by atoms with van der Waals surface area (Å²) in [4.78, 5) is 0. The molecule has 0 unspecified atom stereocenters. The highest BCUT2D eigenvalue weighted by atomic mass is 31.1. The third-order valence-corrected chi connectivity index (χ3v) is 4.33. The zero-order valence-electron chi connectivity index (χ0n) is 8.72. The average molecular weight is 212 g/mol. The van der Waals surface area contributed by atoms with Gasteiger partial charge in [0.15, 0.2) is 0 Å². The van der Waals surface area contributed by atoms with Crippen LogP contribution in [0.15, 0.2) is 60.7 Å². The Labute approximate surface area is 92.7 Å². The highest BCUT2D eigenvalue weighted by Gasteiger charge is 2.10. The Hall–Kier alpha value is -1.13. The van der Waals surface area contributed by atoms with E-state index in [9.17, 15) is 0 Å². The first-order chi connectivity index (χ1) is 7.42. The summed E-state index contributed by atoms with van der Waals surface area (Å²) in [6.45, 7) is 2.02. The van der Waals surface area contributed by atoms with Crippen LogP contribution in [0.25, 0.3) is 0 Å². The maximum absolute atomic E-state index is 3.40. The molecule has 0 nitrogen and oxygen atoms in total. The Kier molecular flexibility index (Phi) is 3.53. The Bertz CT molecular complexity index is 355. The molecule has 0 fully saturated rings. The molecule has 2 aromatic rings. The molecule has 0 aliphatic heterocycles. The lowest BCUT2D eigenvalue weighted by Gasteiger charge is -2.15. The van der Waals surface area contributed by atoms with Gasteiger partial charge in [-0.15, -0.1) is 0 Å². The summed E-state index contributed by atoms with van der Waals surface area (Å²) in [5.74, 6) is 0. The SMILES string of the molecule is C[C]P(c1ccccc1)c1ccccc1. The Morgan fingerprint density at radius 3 is 1.47 bits per heavy atom. The van der Waals surface area contributed by atoms with Crippen molar-refractivity contribution >= 4 is 18.5 Å². The van der Waals surface area contributed by atoms with Gasteiger partial charge in [0, 0.05) is 6.16 Å². The van der Waals surface area contributed by atoms with Crippen molar-refractivity contribution in [3.63, 3.8) is 0 Å². The Morgan fingerprint density at radius 1 is 0.733 bits per heavy atom. The summed E-state index contributed by atoms with van der Waals surface area (Å²) >= 11 is 0. The van der Waals surface area contributed by atoms with E-state index in [1.165, 1.54) is 10.6 Å². The molecule has 15 heavy (non-hydrogen) atoms. The molecule has 0 amide bonds. The van der Waals surface area contributed by atoms with Crippen molar-refractivity contribution in [2.45, 2.75) is 6.92 Å². The Morgan fingerprint density at radius 2 is 1.13 bits per heavy atom. The average Bonchev–Trinajstić information content (AvgIpc) is 2.33. The summed E-state index contributed by atoms with van der Waals surface area (Å²) in [5, 5.41) is 2.72. The van der Waals surface area contributed by atoms with Gasteiger partial charge in [-0.1, -0.05) is 67.6 Å². The van der Waals surface area contributed by atoms with E-state index in [-0.39, 0.29) is 0 Å². The fourth-order valence-electron chi connectivity index (χ4n) is 1.56. The number of hydrogen-bond donors (Lipinski definition) is 0. The molecule has 0 saturated carbocycles. The molecule has 0 spiro atoms. The molecular weight excluding hydrogens is 199 g/mol. The van der Waals surface area contributed by atoms with Gasteiger partial charge >= 0.3 is 0 Å². The molecule has 0 aliphatic carbocycles. The first kappa shape index (κ1) is 10.4. The Balaban J connectivity index is 2.34. The molecule has 1 heteroatoms. The lowest BCUT2D eigenvalue weighted by atomic mass is 10.4. The van der Waals surface area contributed by atoms with Crippen molar-refractivity contribution in [3.8, 4) is 0 Å². The maximum atomic E-state index is 3.40. The zero-order valence-corrected chi connectivity index (χ0v) is 9.62. The molecule has 0 aromatic heterocycles. The van der Waals surface area contributed by atoms with Crippen molar-refractivity contribution in [2.75, 3.05) is 0 Å². The van der Waals surface area contributed by atoms with E-state index in [0.29, 0.717) is 0 Å². The van der Waals surface area contributed by atoms with Crippen molar-refractivity contribution in [1.82, 2.24) is 0 Å². The second-order valence-corrected chi connectivity index (χ2v) is 5.38. The van der Waals surface area contributed by atoms with Gasteiger partial charge in [0.1, 0.15) is 0 Å². The predicted molar refractivity (Wildman–Crippen MR) is 68.0 cm³/mol. The standard InChI is InChI=1S/C14H13P/c1-2-15(13-9-5-3-6-10-13)14-11-7-4-8-12-14/h3-12H,1H3. The van der Waals surface area contributed by atoms with Crippen molar-refractivity contribution in [1.29, 1.82) is 0 Å². The van der Waals surface area contributed by atoms with Crippen molar-refractivity contribution in [2.24, 2.45) is 0 Å². The van der Waals surface area contributed by atoms with Gasteiger partial charge in [-0.25, -0.2) is 0 Å². The fraction of sp³-hybridized carbons (Fsp3) is 0.0714. The van der Waals surface area contributed by atoms with E-state index in [4.69, 9.17) is 0 Å². The van der Waals surface area contributed by atoms with Crippen LogP contribution >= 0.6 is 7.92 Å². The lowest BCUT2D eigenvalue weighted by molar-refractivity contribution is 1.68. The van der Waals surface area contributed by atoms with Crippen LogP contribution in [-0.4, -0.2) is 0 Å². The molecule has 74 valence electrons. The minimum Gasteiger partial charge on any atom is -0.0622 e. The first-order valence-electron chi connectivity index (χ1n) is 4.99. The van der Waals surface area contributed by atoms with E-state index >= 15 is 0 Å². The van der Waals surface area contributed by atoms with Gasteiger partial charge < -0.3 is 0 Å². The molecule has 0 saturated heterocycles. The highest BCUT2D eigenvalue weighted by Crippen LogP contribution is 2.35. The van der Waals surface area contributed by atoms with Crippen molar-refractivity contribution < 1.29 is 0 Å². The van der Waals surface area contributed by atoms with Gasteiger partial charge in [0.25, 0.3) is 0 Å². The van der Waals surface area contributed by atoms with E-state index < -0.39 is 7.92 Å². The van der Waals surface area contributed by atoms with Gasteiger partial charge in [0.2, 0.25) is 0 Å². The normalized spacial score (nSPS) is 10.5. The monoisotopic (exact) mass is 212 g/mol. The summed E-state index contributed by atoms with van der Waals surface area (Å²) in [6, 6.07) is 21.2. The number of hydrogen-bond acceptors (Lipinski definition) is 0. The van der Waals surface area contributed by atoms with Crippen molar-refractivity contribution in [3.05, 3.63) is 66.8 Å². The summed E-state index contributed by atoms with van der Waals surface area (Å²) in [6.07, 6.45) is 3.40. The molecule has 0 heterocycles. The lowest BCUT2D eigenvalue weighted by Crippen LogP contribution is -2.10. The fourth-order valence-corrected chi connectivity index (χ4v) is 3.32. The summed E-state index contributed by atoms with van der Waals surface area (Å²) < 4.78 is 0. The topological polar surface area (TPSA) is 0 Å². The third kappa shape index (κ3) is 2.46. The second-order valence-electron chi connectivity index (χ2n) is 3.23. The smallest absolute Gasteiger partial charge is 0.0174 e. The van der Waals surface area contributed by atoms with Gasteiger partial charge in [-0.05, 0) is 18.5 Å². The van der Waals surface area contributed by atoms with Gasteiger partial charge in [-0.3, -0.25) is 0 Å². The van der Waals surface area contributed by atoms with E-state index in [1.54, 1.807) is 0 Å². The minimum atomic E-state index is -0.399. The van der Waals surface area contributed by atoms with E-state index in [2.05, 4.69) is 66.8 Å². The third-order valence-electron chi connectivity index (χ3n) is 2.25. The van der Waals surface area contributed by atoms with Crippen LogP contribution in [0.4, 0.5) is 0 Å². The van der Waals surface area contributed by atoms with Crippen LogP contribution in [0.3, 0.4) is 0 Å². The van der Waals surface area contributed by atoms with Crippen LogP contribution in [0, 0.1) is 6.16 Å². The van der Waals surface area contributed by atoms with Crippen LogP contribution in [-0.2, 0) is 0 Å². The minimum absolute atomic E-state index is 0.399. The molecule has 2 aromatic carbocycles. The zero-order chi connectivity index (χ0) is 10.5. The quantitative estimate of drug-likeness (QED) is 0.685. The highest BCUT2D eigenvalue weighted by molar-refractivity contribution is 7.74. The van der Waals surface area contributed by atoms with Crippen LogP contribution in [0.5, 0.6) is 0 Å². The molecule has 0 bridgehead atoms. The summed E-state index contributed by atoms with van der Waals surface area (Å²) in [7, 11) is -0.399. The molecule has 0 aliphatic rings. The largest absolute Gasteiger partial charge is 0.0622 e. The second kappa shape index (κ2) is 5.09. The van der Waals surface area contributed by atoms with Crippen LogP contribution in [0.2, 0.25) is 0 Å². The number of benzene rings is 2. The van der Waals surface area contributed by atoms with E-state index in [1.807, 2.05) is 6.92 Å². The van der Waals surface area contributed by atoms with Crippen LogP contribution < -0.4 is 10.6 Å². The first-order valence-corrected chi connectivity index (χ1v) is 6.33. The summed E-state index contributed by atoms with van der Waals surface area (Å²) in [5.41, 5.74) is 0. The van der Waals surface area contributed by atoms with Gasteiger partial charge in [-0.2, -0.15) is 0 Å². The van der Waals surface area contributed by atoms with E-state index in [0.717, 1.165) is 0 Å². The van der Waals surface area contributed by atoms with Crippen LogP contribution in [0.1, 0.15) is 6.92 Å². The predicted octanol–water partition coefficient (Wildman–Crippen LogP) is 3.18. The maximum Gasteiger partial charge on any atom is 0.0174 e. The number of rotatable bonds is 3. The molecule has 2 radical (unpaired) electrons.